The van der Waals surface area contributed by atoms with Gasteiger partial charge in [0.1, 0.15) is 0 Å². The molecule has 1 aliphatic carbocycles. The zero-order chi connectivity index (χ0) is 28.1. The Hall–Kier alpha value is -5.60. The van der Waals surface area contributed by atoms with Crippen molar-refractivity contribution < 1.29 is 0 Å². The Kier molecular flexibility index (Phi) is 4.53. The van der Waals surface area contributed by atoms with Crippen molar-refractivity contribution in [3.8, 4) is 22.5 Å². The Morgan fingerprint density at radius 2 is 1.07 bits per heavy atom. The number of para-hydroxylation sites is 3. The Morgan fingerprint density at radius 3 is 1.95 bits per heavy atom. The Balaban J connectivity index is 1.28. The van der Waals surface area contributed by atoms with Gasteiger partial charge in [0, 0.05) is 32.9 Å². The molecule has 43 heavy (non-hydrogen) atoms. The summed E-state index contributed by atoms with van der Waals surface area (Å²) < 4.78 is 4.86. The van der Waals surface area contributed by atoms with Crippen LogP contribution in [0.5, 0.6) is 0 Å². The number of aromatic nitrogens is 2. The van der Waals surface area contributed by atoms with Gasteiger partial charge in [0.15, 0.2) is 0 Å². The summed E-state index contributed by atoms with van der Waals surface area (Å²) in [5.41, 5.74) is 12.9. The zero-order valence-corrected chi connectivity index (χ0v) is 23.5. The average molecular weight is 547 g/mol. The average Bonchev–Trinajstić information content (AvgIpc) is 3.71. The van der Waals surface area contributed by atoms with Crippen LogP contribution < -0.4 is 0 Å². The number of fused-ring (bicyclic) bond motifs is 11. The second kappa shape index (κ2) is 8.47. The predicted octanol–water partition coefficient (Wildman–Crippen LogP) is 10.6. The molecule has 0 aliphatic heterocycles. The maximum atomic E-state index is 2.46. The fourth-order valence-corrected chi connectivity index (χ4v) is 7.66. The van der Waals surface area contributed by atoms with E-state index < -0.39 is 0 Å². The lowest BCUT2D eigenvalue weighted by molar-refractivity contribution is 1.15. The molecule has 0 spiro atoms. The van der Waals surface area contributed by atoms with Crippen LogP contribution in [0.4, 0.5) is 0 Å². The fourth-order valence-electron chi connectivity index (χ4n) is 7.66. The Bertz CT molecular complexity index is 2580. The molecule has 0 N–H and O–H groups in total. The van der Waals surface area contributed by atoms with Gasteiger partial charge in [-0.3, -0.25) is 0 Å². The molecule has 0 saturated carbocycles. The van der Waals surface area contributed by atoms with E-state index in [0.717, 1.165) is 6.42 Å². The van der Waals surface area contributed by atoms with E-state index in [-0.39, 0.29) is 0 Å². The summed E-state index contributed by atoms with van der Waals surface area (Å²) in [6, 6.07) is 53.6. The van der Waals surface area contributed by atoms with Gasteiger partial charge in [-0.1, -0.05) is 91.0 Å². The highest BCUT2D eigenvalue weighted by atomic mass is 15.0. The minimum atomic E-state index is 0.997. The summed E-state index contributed by atoms with van der Waals surface area (Å²) in [6.07, 6.45) is 0.997. The predicted molar refractivity (Wildman–Crippen MR) is 181 cm³/mol. The monoisotopic (exact) mass is 546 g/mol. The molecule has 0 atom stereocenters. The zero-order valence-electron chi connectivity index (χ0n) is 23.5. The molecule has 10 rings (SSSR count). The van der Waals surface area contributed by atoms with Crippen LogP contribution in [0.25, 0.3) is 76.9 Å². The number of rotatable bonds is 2. The number of hydrogen-bond donors (Lipinski definition) is 0. The summed E-state index contributed by atoms with van der Waals surface area (Å²) >= 11 is 0. The molecule has 0 radical (unpaired) electrons. The third-order valence-corrected chi connectivity index (χ3v) is 9.50. The lowest BCUT2D eigenvalue weighted by atomic mass is 9.97. The maximum Gasteiger partial charge on any atom is 0.0561 e. The van der Waals surface area contributed by atoms with E-state index in [1.54, 1.807) is 0 Å². The summed E-state index contributed by atoms with van der Waals surface area (Å²) in [5.74, 6) is 0. The molecule has 7 aromatic carbocycles. The van der Waals surface area contributed by atoms with Gasteiger partial charge in [-0.25, -0.2) is 0 Å². The summed E-state index contributed by atoms with van der Waals surface area (Å²) in [4.78, 5) is 0. The third kappa shape index (κ3) is 3.13. The van der Waals surface area contributed by atoms with E-state index in [1.165, 1.54) is 88.0 Å². The van der Waals surface area contributed by atoms with Crippen molar-refractivity contribution in [3.05, 3.63) is 157 Å². The highest BCUT2D eigenvalue weighted by Crippen LogP contribution is 2.43. The number of nitrogens with zero attached hydrogens (tertiary/aromatic N) is 2. The standard InChI is InChI=1S/C41H26N2/c1-2-11-29(12-3-1)42-37-16-8-6-14-32(37)33-20-19-30(25-40(33)42)43-38-17-9-7-15-34(38)41-36-24-28-22-26-10-4-5-13-31(26)35(28)23-27(36)18-21-39(41)43/h1-21,23-25H,22H2. The maximum absolute atomic E-state index is 2.46. The van der Waals surface area contributed by atoms with Crippen LogP contribution in [0.2, 0.25) is 0 Å². The minimum absolute atomic E-state index is 0.997. The van der Waals surface area contributed by atoms with E-state index in [0.29, 0.717) is 0 Å². The largest absolute Gasteiger partial charge is 0.309 e. The normalized spacial score (nSPS) is 12.6. The lowest BCUT2D eigenvalue weighted by Crippen LogP contribution is -1.96. The van der Waals surface area contributed by atoms with Crippen molar-refractivity contribution in [2.45, 2.75) is 6.42 Å². The topological polar surface area (TPSA) is 9.86 Å². The van der Waals surface area contributed by atoms with Crippen LogP contribution in [0.15, 0.2) is 146 Å². The Morgan fingerprint density at radius 1 is 0.372 bits per heavy atom. The van der Waals surface area contributed by atoms with E-state index in [4.69, 9.17) is 0 Å². The first-order chi connectivity index (χ1) is 21.3. The summed E-state index contributed by atoms with van der Waals surface area (Å²) in [6.45, 7) is 0. The highest BCUT2D eigenvalue weighted by molar-refractivity contribution is 6.22. The van der Waals surface area contributed by atoms with E-state index >= 15 is 0 Å². The molecule has 2 heterocycles. The molecule has 2 heteroatoms. The molecular weight excluding hydrogens is 520 g/mol. The first-order valence-corrected chi connectivity index (χ1v) is 15.0. The first-order valence-electron chi connectivity index (χ1n) is 15.0. The minimum Gasteiger partial charge on any atom is -0.309 e. The first kappa shape index (κ1) is 23.0. The van der Waals surface area contributed by atoms with Crippen molar-refractivity contribution in [1.29, 1.82) is 0 Å². The molecule has 200 valence electrons. The molecule has 0 unspecified atom stereocenters. The van der Waals surface area contributed by atoms with Gasteiger partial charge in [0.2, 0.25) is 0 Å². The summed E-state index contributed by atoms with van der Waals surface area (Å²) in [7, 11) is 0. The summed E-state index contributed by atoms with van der Waals surface area (Å²) in [5, 5.41) is 7.79. The van der Waals surface area contributed by atoms with Crippen LogP contribution >= 0.6 is 0 Å². The van der Waals surface area contributed by atoms with Crippen molar-refractivity contribution in [2.24, 2.45) is 0 Å². The van der Waals surface area contributed by atoms with Crippen LogP contribution in [0.1, 0.15) is 11.1 Å². The van der Waals surface area contributed by atoms with Gasteiger partial charge in [-0.05, 0) is 94.0 Å². The molecule has 9 aromatic rings. The fraction of sp³-hybridized carbons (Fsp3) is 0.0244. The van der Waals surface area contributed by atoms with Crippen LogP contribution in [0.3, 0.4) is 0 Å². The van der Waals surface area contributed by atoms with Gasteiger partial charge in [0.05, 0.1) is 22.1 Å². The second-order valence-corrected chi connectivity index (χ2v) is 11.8. The molecular formula is C41H26N2. The van der Waals surface area contributed by atoms with Crippen LogP contribution in [-0.4, -0.2) is 9.13 Å². The highest BCUT2D eigenvalue weighted by Gasteiger charge is 2.22. The van der Waals surface area contributed by atoms with E-state index in [9.17, 15) is 0 Å². The van der Waals surface area contributed by atoms with Crippen molar-refractivity contribution in [1.82, 2.24) is 9.13 Å². The smallest absolute Gasteiger partial charge is 0.0561 e. The molecule has 2 nitrogen and oxygen atoms in total. The van der Waals surface area contributed by atoms with E-state index in [1.807, 2.05) is 0 Å². The number of hydrogen-bond acceptors (Lipinski definition) is 0. The van der Waals surface area contributed by atoms with Crippen LogP contribution in [0, 0.1) is 0 Å². The molecule has 0 saturated heterocycles. The van der Waals surface area contributed by atoms with Gasteiger partial charge in [-0.2, -0.15) is 0 Å². The SMILES string of the molecule is c1ccc(-n2c3ccccc3c3ccc(-n4c5ccccc5c5c6cc7c(cc6ccc54)-c4ccccc4C7)cc32)cc1. The molecule has 2 aromatic heterocycles. The van der Waals surface area contributed by atoms with Gasteiger partial charge < -0.3 is 9.13 Å². The van der Waals surface area contributed by atoms with Crippen molar-refractivity contribution in [3.63, 3.8) is 0 Å². The molecule has 0 bridgehead atoms. The van der Waals surface area contributed by atoms with Gasteiger partial charge in [-0.15, -0.1) is 0 Å². The quantitative estimate of drug-likeness (QED) is 0.204. The third-order valence-electron chi connectivity index (χ3n) is 9.50. The second-order valence-electron chi connectivity index (χ2n) is 11.8. The van der Waals surface area contributed by atoms with Gasteiger partial charge >= 0.3 is 0 Å². The van der Waals surface area contributed by atoms with Crippen LogP contribution in [-0.2, 0) is 6.42 Å². The van der Waals surface area contributed by atoms with Crippen molar-refractivity contribution >= 4 is 54.4 Å². The van der Waals surface area contributed by atoms with Crippen molar-refractivity contribution in [2.75, 3.05) is 0 Å². The van der Waals surface area contributed by atoms with Gasteiger partial charge in [0.25, 0.3) is 0 Å². The molecule has 1 aliphatic rings. The molecule has 0 fully saturated rings. The molecule has 0 amide bonds. The van der Waals surface area contributed by atoms with E-state index in [2.05, 4.69) is 155 Å². The number of benzene rings is 7. The Labute approximate surface area is 248 Å². The lowest BCUT2D eigenvalue weighted by Gasteiger charge is -2.12.